The average molecular weight is 238 g/mol. The van der Waals surface area contributed by atoms with Crippen LogP contribution in [0.5, 0.6) is 0 Å². The van der Waals surface area contributed by atoms with Crippen LogP contribution in [0.2, 0.25) is 0 Å². The molecule has 0 atom stereocenters. The van der Waals surface area contributed by atoms with E-state index in [2.05, 4.69) is 9.40 Å². The van der Waals surface area contributed by atoms with Crippen molar-refractivity contribution in [1.29, 1.82) is 0 Å². The van der Waals surface area contributed by atoms with Crippen molar-refractivity contribution in [1.82, 2.24) is 4.98 Å². The zero-order valence-corrected chi connectivity index (χ0v) is 7.75. The normalized spacial score (nSPS) is 11.2. The van der Waals surface area contributed by atoms with Crippen LogP contribution >= 0.6 is 0 Å². The molecule has 88 valence electrons. The number of anilines is 1. The van der Waals surface area contributed by atoms with Crippen LogP contribution < -0.4 is 5.32 Å². The van der Waals surface area contributed by atoms with Crippen molar-refractivity contribution in [3.8, 4) is 0 Å². The van der Waals surface area contributed by atoms with E-state index < -0.39 is 29.8 Å². The number of aromatic nitrogens is 1. The zero-order chi connectivity index (χ0) is 12.5. The molecule has 6 nitrogen and oxygen atoms in total. The fourth-order valence-electron chi connectivity index (χ4n) is 0.816. The Morgan fingerprint density at radius 3 is 2.38 bits per heavy atom. The standard InChI is InChI=1S/C7H5F3N2O4/c1-2-3(4(13)14)16-6(11-2)12-5(15)7(8,9)10/h1H3,(H,13,14)(H,11,12,15). The van der Waals surface area contributed by atoms with Crippen LogP contribution in [0, 0.1) is 6.92 Å². The molecule has 0 aliphatic rings. The van der Waals surface area contributed by atoms with Gasteiger partial charge in [0.25, 0.3) is 0 Å². The van der Waals surface area contributed by atoms with Gasteiger partial charge in [0, 0.05) is 0 Å². The number of oxazole rings is 1. The van der Waals surface area contributed by atoms with E-state index in [1.807, 2.05) is 0 Å². The second kappa shape index (κ2) is 3.83. The largest absolute Gasteiger partial charge is 0.475 e. The number of halogens is 3. The molecule has 2 N–H and O–H groups in total. The smallest absolute Gasteiger partial charge is 0.471 e. The maximum atomic E-state index is 11.8. The van der Waals surface area contributed by atoms with Crippen molar-refractivity contribution in [2.75, 3.05) is 5.32 Å². The molecule has 0 bridgehead atoms. The van der Waals surface area contributed by atoms with Gasteiger partial charge in [-0.2, -0.15) is 18.2 Å². The highest BCUT2D eigenvalue weighted by Gasteiger charge is 2.39. The Balaban J connectivity index is 2.88. The van der Waals surface area contributed by atoms with Crippen molar-refractivity contribution >= 4 is 17.9 Å². The maximum Gasteiger partial charge on any atom is 0.471 e. The SMILES string of the molecule is Cc1nc(NC(=O)C(F)(F)F)oc1C(=O)O. The third-order valence-corrected chi connectivity index (χ3v) is 1.47. The molecule has 16 heavy (non-hydrogen) atoms. The number of rotatable bonds is 2. The summed E-state index contributed by atoms with van der Waals surface area (Å²) in [7, 11) is 0. The number of carbonyl (C=O) groups excluding carboxylic acids is 1. The van der Waals surface area contributed by atoms with E-state index in [-0.39, 0.29) is 5.69 Å². The highest BCUT2D eigenvalue weighted by atomic mass is 19.4. The second-order valence-electron chi connectivity index (χ2n) is 2.69. The second-order valence-corrected chi connectivity index (χ2v) is 2.69. The van der Waals surface area contributed by atoms with Gasteiger partial charge in [0.15, 0.2) is 0 Å². The van der Waals surface area contributed by atoms with E-state index in [1.54, 1.807) is 0 Å². The van der Waals surface area contributed by atoms with E-state index in [9.17, 15) is 22.8 Å². The number of carboxylic acid groups (broad SMARTS) is 1. The molecule has 9 heteroatoms. The molecule has 1 aromatic rings. The average Bonchev–Trinajstić information content (AvgIpc) is 2.45. The van der Waals surface area contributed by atoms with E-state index in [1.165, 1.54) is 12.2 Å². The van der Waals surface area contributed by atoms with Gasteiger partial charge in [-0.3, -0.25) is 10.1 Å². The van der Waals surface area contributed by atoms with Gasteiger partial charge in [-0.1, -0.05) is 0 Å². The number of hydrogen-bond donors (Lipinski definition) is 2. The summed E-state index contributed by atoms with van der Waals surface area (Å²) in [5.41, 5.74) is -0.134. The first-order valence-corrected chi connectivity index (χ1v) is 3.80. The van der Waals surface area contributed by atoms with Crippen LogP contribution in [0.25, 0.3) is 0 Å². The van der Waals surface area contributed by atoms with Gasteiger partial charge in [-0.25, -0.2) is 4.79 Å². The van der Waals surface area contributed by atoms with E-state index in [0.717, 1.165) is 0 Å². The Morgan fingerprint density at radius 1 is 1.44 bits per heavy atom. The van der Waals surface area contributed by atoms with E-state index in [4.69, 9.17) is 5.11 Å². The molecular formula is C7H5F3N2O4. The Labute approximate surface area is 86.1 Å². The van der Waals surface area contributed by atoms with Gasteiger partial charge >= 0.3 is 24.1 Å². The fraction of sp³-hybridized carbons (Fsp3) is 0.286. The summed E-state index contributed by atoms with van der Waals surface area (Å²) in [5.74, 6) is -4.40. The quantitative estimate of drug-likeness (QED) is 0.806. The molecule has 1 heterocycles. The van der Waals surface area contributed by atoms with Crippen molar-refractivity contribution in [3.05, 3.63) is 11.5 Å². The number of aryl methyl sites for hydroxylation is 1. The molecule has 1 rings (SSSR count). The van der Waals surface area contributed by atoms with Crippen LogP contribution in [-0.2, 0) is 4.79 Å². The molecule has 0 fully saturated rings. The first-order chi connectivity index (χ1) is 7.21. The minimum absolute atomic E-state index is 0.134. The Morgan fingerprint density at radius 2 is 2.00 bits per heavy atom. The maximum absolute atomic E-state index is 11.8. The topological polar surface area (TPSA) is 92.4 Å². The third kappa shape index (κ3) is 2.49. The molecule has 0 aliphatic carbocycles. The molecule has 1 amide bonds. The molecule has 0 saturated carbocycles. The first-order valence-electron chi connectivity index (χ1n) is 3.80. The lowest BCUT2D eigenvalue weighted by atomic mass is 10.4. The Bertz CT molecular complexity index is 437. The van der Waals surface area contributed by atoms with Gasteiger partial charge in [-0.15, -0.1) is 0 Å². The monoisotopic (exact) mass is 238 g/mol. The number of hydrogen-bond acceptors (Lipinski definition) is 4. The molecular weight excluding hydrogens is 233 g/mol. The van der Waals surface area contributed by atoms with Crippen molar-refractivity contribution < 1.29 is 32.3 Å². The Hall–Kier alpha value is -2.06. The predicted octanol–water partition coefficient (Wildman–Crippen LogP) is 1.18. The number of amides is 1. The van der Waals surface area contributed by atoms with E-state index in [0.29, 0.717) is 0 Å². The number of nitrogens with zero attached hydrogens (tertiary/aromatic N) is 1. The molecule has 1 aromatic heterocycles. The number of carboxylic acids is 1. The van der Waals surface area contributed by atoms with Gasteiger partial charge in [0.1, 0.15) is 0 Å². The summed E-state index contributed by atoms with van der Waals surface area (Å²) in [6.45, 7) is 1.22. The van der Waals surface area contributed by atoms with Crippen molar-refractivity contribution in [2.45, 2.75) is 13.1 Å². The van der Waals surface area contributed by atoms with Crippen LogP contribution in [-0.4, -0.2) is 28.1 Å². The van der Waals surface area contributed by atoms with Crippen LogP contribution in [0.3, 0.4) is 0 Å². The van der Waals surface area contributed by atoms with Crippen LogP contribution in [0.1, 0.15) is 16.2 Å². The molecule has 0 aliphatic heterocycles. The Kier molecular flexibility index (Phi) is 2.88. The number of carbonyl (C=O) groups is 2. The fourth-order valence-corrected chi connectivity index (χ4v) is 0.816. The third-order valence-electron chi connectivity index (χ3n) is 1.47. The van der Waals surface area contributed by atoms with Crippen molar-refractivity contribution in [3.63, 3.8) is 0 Å². The molecule has 0 saturated heterocycles. The highest BCUT2D eigenvalue weighted by Crippen LogP contribution is 2.19. The van der Waals surface area contributed by atoms with Gasteiger partial charge in [0.05, 0.1) is 5.69 Å². The van der Waals surface area contributed by atoms with E-state index >= 15 is 0 Å². The summed E-state index contributed by atoms with van der Waals surface area (Å²) >= 11 is 0. The lowest BCUT2D eigenvalue weighted by molar-refractivity contribution is -0.167. The molecule has 0 radical (unpaired) electrons. The highest BCUT2D eigenvalue weighted by molar-refractivity contribution is 5.93. The van der Waals surface area contributed by atoms with Crippen molar-refractivity contribution in [2.24, 2.45) is 0 Å². The zero-order valence-electron chi connectivity index (χ0n) is 7.75. The minimum atomic E-state index is -5.09. The van der Waals surface area contributed by atoms with Crippen LogP contribution in [0.15, 0.2) is 4.42 Å². The summed E-state index contributed by atoms with van der Waals surface area (Å²) in [5, 5.41) is 9.80. The lowest BCUT2D eigenvalue weighted by Crippen LogP contribution is -2.30. The number of aromatic carboxylic acids is 1. The minimum Gasteiger partial charge on any atom is -0.475 e. The predicted molar refractivity (Wildman–Crippen MR) is 42.9 cm³/mol. The lowest BCUT2D eigenvalue weighted by Gasteiger charge is -2.03. The summed E-state index contributed by atoms with van der Waals surface area (Å²) < 4.78 is 39.8. The van der Waals surface area contributed by atoms with Gasteiger partial charge < -0.3 is 9.52 Å². The van der Waals surface area contributed by atoms with Gasteiger partial charge in [0.2, 0.25) is 5.76 Å². The summed E-state index contributed by atoms with van der Waals surface area (Å²) in [4.78, 5) is 24.2. The summed E-state index contributed by atoms with van der Waals surface area (Å²) in [6, 6.07) is -0.808. The number of nitrogens with one attached hydrogen (secondary N) is 1. The molecule has 0 aromatic carbocycles. The number of alkyl halides is 3. The van der Waals surface area contributed by atoms with Crippen LogP contribution in [0.4, 0.5) is 19.2 Å². The first kappa shape index (κ1) is 12.0. The summed E-state index contributed by atoms with van der Waals surface area (Å²) in [6.07, 6.45) is -5.09. The molecule has 0 spiro atoms. The van der Waals surface area contributed by atoms with Gasteiger partial charge in [-0.05, 0) is 6.92 Å². The molecule has 0 unspecified atom stereocenters.